The van der Waals surface area contributed by atoms with E-state index in [0.29, 0.717) is 25.9 Å². The van der Waals surface area contributed by atoms with Crippen molar-refractivity contribution >= 4 is 23.0 Å². The molecular formula is C23H31N3O7. The van der Waals surface area contributed by atoms with Crippen LogP contribution in [0.3, 0.4) is 0 Å². The van der Waals surface area contributed by atoms with Crippen molar-refractivity contribution in [2.24, 2.45) is 0 Å². The average Bonchev–Trinajstić information content (AvgIpc) is 3.22. The number of benzene rings is 1. The lowest BCUT2D eigenvalue weighted by Gasteiger charge is -2.32. The fraction of sp³-hybridized carbons (Fsp3) is 0.565. The van der Waals surface area contributed by atoms with Crippen LogP contribution >= 0.6 is 0 Å². The number of hydrogen-bond donors (Lipinski definition) is 2. The fourth-order valence-electron chi connectivity index (χ4n) is 3.61. The van der Waals surface area contributed by atoms with Gasteiger partial charge in [0.05, 0.1) is 18.2 Å². The smallest absolute Gasteiger partial charge is 0.333 e. The van der Waals surface area contributed by atoms with E-state index in [9.17, 15) is 19.8 Å². The van der Waals surface area contributed by atoms with Gasteiger partial charge in [0.2, 0.25) is 0 Å². The SMILES string of the molecule is C=C(C)C(=O)OCC(O)COC(=O)CCCOC1CCC(n2nc3ccccc3n2)C(O)C1. The van der Waals surface area contributed by atoms with Gasteiger partial charge in [-0.15, -0.1) is 0 Å². The first-order chi connectivity index (χ1) is 15.8. The maximum atomic E-state index is 11.8. The number of carbonyl (C=O) groups is 2. The first-order valence-electron chi connectivity index (χ1n) is 11.1. The Kier molecular flexibility index (Phi) is 8.93. The van der Waals surface area contributed by atoms with E-state index < -0.39 is 24.1 Å². The molecule has 4 atom stereocenters. The zero-order chi connectivity index (χ0) is 23.8. The quantitative estimate of drug-likeness (QED) is 0.291. The molecule has 1 fully saturated rings. The van der Waals surface area contributed by atoms with E-state index in [0.717, 1.165) is 17.5 Å². The number of hydrogen-bond acceptors (Lipinski definition) is 9. The Morgan fingerprint density at radius 2 is 1.85 bits per heavy atom. The topological polar surface area (TPSA) is 133 Å². The van der Waals surface area contributed by atoms with Gasteiger partial charge in [0.1, 0.15) is 30.4 Å². The van der Waals surface area contributed by atoms with Gasteiger partial charge in [0.25, 0.3) is 0 Å². The van der Waals surface area contributed by atoms with Crippen LogP contribution in [0.15, 0.2) is 36.4 Å². The Bertz CT molecular complexity index is 927. The third-order valence-electron chi connectivity index (χ3n) is 5.40. The summed E-state index contributed by atoms with van der Waals surface area (Å²) in [5.74, 6) is -1.07. The maximum absolute atomic E-state index is 11.8. The lowest BCUT2D eigenvalue weighted by atomic mass is 9.90. The van der Waals surface area contributed by atoms with Crippen molar-refractivity contribution in [2.45, 2.75) is 63.4 Å². The molecule has 0 radical (unpaired) electrons. The summed E-state index contributed by atoms with van der Waals surface area (Å²) in [6.45, 7) is 4.78. The number of aliphatic hydroxyl groups is 2. The van der Waals surface area contributed by atoms with Crippen LogP contribution in [0.5, 0.6) is 0 Å². The first kappa shape index (κ1) is 24.8. The predicted octanol–water partition coefficient (Wildman–Crippen LogP) is 1.71. The summed E-state index contributed by atoms with van der Waals surface area (Å²) in [5, 5.41) is 29.2. The van der Waals surface area contributed by atoms with E-state index in [-0.39, 0.29) is 37.4 Å². The summed E-state index contributed by atoms with van der Waals surface area (Å²) in [4.78, 5) is 24.7. The maximum Gasteiger partial charge on any atom is 0.333 e. The standard InChI is InChI=1S/C23H31N3O7/c1-15(2)23(30)33-14-16(27)13-32-22(29)8-5-11-31-17-9-10-20(21(28)12-17)26-24-18-6-3-4-7-19(18)25-26/h3-4,6-7,16-17,20-21,27-28H,1,5,8-14H2,2H3. The Morgan fingerprint density at radius 3 is 2.48 bits per heavy atom. The summed E-state index contributed by atoms with van der Waals surface area (Å²) in [6.07, 6.45) is 0.733. The van der Waals surface area contributed by atoms with Gasteiger partial charge < -0.3 is 24.4 Å². The molecule has 1 saturated carbocycles. The molecule has 2 N–H and O–H groups in total. The molecule has 10 nitrogen and oxygen atoms in total. The predicted molar refractivity (Wildman–Crippen MR) is 118 cm³/mol. The number of aromatic nitrogens is 3. The van der Waals surface area contributed by atoms with E-state index in [1.807, 2.05) is 24.3 Å². The van der Waals surface area contributed by atoms with Gasteiger partial charge >= 0.3 is 11.9 Å². The van der Waals surface area contributed by atoms with Crippen LogP contribution in [0.4, 0.5) is 0 Å². The van der Waals surface area contributed by atoms with E-state index in [4.69, 9.17) is 14.2 Å². The van der Waals surface area contributed by atoms with Crippen molar-refractivity contribution in [3.05, 3.63) is 36.4 Å². The number of carbonyl (C=O) groups excluding carboxylic acids is 2. The second kappa shape index (κ2) is 11.9. The second-order valence-corrected chi connectivity index (χ2v) is 8.27. The van der Waals surface area contributed by atoms with E-state index in [1.165, 1.54) is 6.92 Å². The molecule has 0 spiro atoms. The fourth-order valence-corrected chi connectivity index (χ4v) is 3.61. The van der Waals surface area contributed by atoms with E-state index in [2.05, 4.69) is 16.8 Å². The molecule has 0 saturated heterocycles. The molecule has 4 unspecified atom stereocenters. The van der Waals surface area contributed by atoms with E-state index in [1.54, 1.807) is 4.80 Å². The number of ether oxygens (including phenoxy) is 3. The second-order valence-electron chi connectivity index (χ2n) is 8.27. The minimum atomic E-state index is -1.09. The number of nitrogens with zero attached hydrogens (tertiary/aromatic N) is 3. The van der Waals surface area contributed by atoms with Crippen LogP contribution in [-0.4, -0.2) is 75.3 Å². The van der Waals surface area contributed by atoms with Crippen LogP contribution in [-0.2, 0) is 23.8 Å². The summed E-state index contributed by atoms with van der Waals surface area (Å²) in [6, 6.07) is 7.41. The van der Waals surface area contributed by atoms with Crippen molar-refractivity contribution in [1.82, 2.24) is 15.0 Å². The summed E-state index contributed by atoms with van der Waals surface area (Å²) in [5.41, 5.74) is 1.83. The minimum Gasteiger partial charge on any atom is -0.463 e. The molecule has 1 heterocycles. The Labute approximate surface area is 192 Å². The highest BCUT2D eigenvalue weighted by Gasteiger charge is 2.32. The first-order valence-corrected chi connectivity index (χ1v) is 11.1. The molecule has 0 aliphatic heterocycles. The molecule has 180 valence electrons. The molecule has 1 aliphatic rings. The largest absolute Gasteiger partial charge is 0.463 e. The highest BCUT2D eigenvalue weighted by atomic mass is 16.6. The molecule has 33 heavy (non-hydrogen) atoms. The number of rotatable bonds is 11. The number of aliphatic hydroxyl groups excluding tert-OH is 2. The van der Waals surface area contributed by atoms with Crippen LogP contribution < -0.4 is 0 Å². The molecule has 0 bridgehead atoms. The summed E-state index contributed by atoms with van der Waals surface area (Å²) in [7, 11) is 0. The molecule has 1 aromatic heterocycles. The Hall–Kier alpha value is -2.82. The molecule has 1 aromatic carbocycles. The lowest BCUT2D eigenvalue weighted by Crippen LogP contribution is -2.36. The normalized spacial score (nSPS) is 21.5. The van der Waals surface area contributed by atoms with Crippen molar-refractivity contribution in [3.8, 4) is 0 Å². The molecule has 2 aromatic rings. The zero-order valence-electron chi connectivity index (χ0n) is 18.8. The lowest BCUT2D eigenvalue weighted by molar-refractivity contribution is -0.150. The molecule has 1 aliphatic carbocycles. The van der Waals surface area contributed by atoms with Gasteiger partial charge in [0, 0.05) is 25.0 Å². The Balaban J connectivity index is 1.29. The highest BCUT2D eigenvalue weighted by Crippen LogP contribution is 2.30. The Morgan fingerprint density at radius 1 is 1.18 bits per heavy atom. The van der Waals surface area contributed by atoms with Gasteiger partial charge in [-0.1, -0.05) is 18.7 Å². The van der Waals surface area contributed by atoms with E-state index >= 15 is 0 Å². The molecule has 10 heteroatoms. The third kappa shape index (κ3) is 7.34. The van der Waals surface area contributed by atoms with Crippen molar-refractivity contribution in [1.29, 1.82) is 0 Å². The van der Waals surface area contributed by atoms with Crippen LogP contribution in [0.2, 0.25) is 0 Å². The highest BCUT2D eigenvalue weighted by molar-refractivity contribution is 5.86. The molecule has 0 amide bonds. The third-order valence-corrected chi connectivity index (χ3v) is 5.40. The van der Waals surface area contributed by atoms with Gasteiger partial charge in [-0.25, -0.2) is 4.79 Å². The van der Waals surface area contributed by atoms with Crippen molar-refractivity contribution in [2.75, 3.05) is 19.8 Å². The average molecular weight is 462 g/mol. The van der Waals surface area contributed by atoms with Crippen molar-refractivity contribution in [3.63, 3.8) is 0 Å². The number of fused-ring (bicyclic) bond motifs is 1. The van der Waals surface area contributed by atoms with Gasteiger partial charge in [0.15, 0.2) is 0 Å². The summed E-state index contributed by atoms with van der Waals surface area (Å²) >= 11 is 0. The van der Waals surface area contributed by atoms with Crippen LogP contribution in [0.1, 0.15) is 45.1 Å². The van der Waals surface area contributed by atoms with Gasteiger partial charge in [-0.05, 0) is 38.3 Å². The zero-order valence-corrected chi connectivity index (χ0v) is 18.8. The van der Waals surface area contributed by atoms with Gasteiger partial charge in [-0.3, -0.25) is 4.79 Å². The minimum absolute atomic E-state index is 0.0953. The summed E-state index contributed by atoms with van der Waals surface area (Å²) < 4.78 is 15.6. The molecule has 3 rings (SSSR count). The van der Waals surface area contributed by atoms with Gasteiger partial charge in [-0.2, -0.15) is 15.0 Å². The van der Waals surface area contributed by atoms with Crippen LogP contribution in [0.25, 0.3) is 11.0 Å². The van der Waals surface area contributed by atoms with Crippen LogP contribution in [0, 0.1) is 0 Å². The van der Waals surface area contributed by atoms with Crippen molar-refractivity contribution < 1.29 is 34.0 Å². The number of esters is 2. The monoisotopic (exact) mass is 461 g/mol. The molecular weight excluding hydrogens is 430 g/mol.